The number of halogens is 2. The lowest BCUT2D eigenvalue weighted by atomic mass is 10.1. The topological polar surface area (TPSA) is 61.4 Å². The third-order valence-corrected chi connectivity index (χ3v) is 4.88. The van der Waals surface area contributed by atoms with Crippen LogP contribution in [0.3, 0.4) is 0 Å². The molecule has 2 N–H and O–H groups in total. The Morgan fingerprint density at radius 1 is 1.07 bits per heavy atom. The zero-order valence-corrected chi connectivity index (χ0v) is 17.3. The van der Waals surface area contributed by atoms with Gasteiger partial charge in [0.2, 0.25) is 11.8 Å². The molecule has 144 valence electrons. The van der Waals surface area contributed by atoms with Crippen LogP contribution in [0.4, 0.5) is 11.4 Å². The van der Waals surface area contributed by atoms with Crippen LogP contribution in [0.2, 0.25) is 10.0 Å². The summed E-state index contributed by atoms with van der Waals surface area (Å²) in [6.07, 6.45) is 0. The molecule has 0 fully saturated rings. The molecule has 27 heavy (non-hydrogen) atoms. The van der Waals surface area contributed by atoms with Crippen LogP contribution in [0.25, 0.3) is 0 Å². The van der Waals surface area contributed by atoms with E-state index in [4.69, 9.17) is 23.2 Å². The van der Waals surface area contributed by atoms with Crippen molar-refractivity contribution in [3.8, 4) is 0 Å². The van der Waals surface area contributed by atoms with Crippen molar-refractivity contribution in [2.45, 2.75) is 26.8 Å². The number of carbonyl (C=O) groups excluding carboxylic acids is 2. The minimum atomic E-state index is -0.521. The minimum Gasteiger partial charge on any atom is -0.325 e. The Kier molecular flexibility index (Phi) is 7.25. The van der Waals surface area contributed by atoms with Gasteiger partial charge in [-0.2, -0.15) is 0 Å². The molecule has 0 aromatic heterocycles. The number of rotatable bonds is 6. The first-order valence-corrected chi connectivity index (χ1v) is 9.26. The molecule has 0 aliphatic carbocycles. The van der Waals surface area contributed by atoms with Gasteiger partial charge in [0.05, 0.1) is 12.6 Å². The molecule has 0 bridgehead atoms. The molecule has 0 spiro atoms. The zero-order valence-electron chi connectivity index (χ0n) is 15.8. The van der Waals surface area contributed by atoms with E-state index in [2.05, 4.69) is 10.6 Å². The Hall–Kier alpha value is -2.08. The highest BCUT2D eigenvalue weighted by Crippen LogP contribution is 2.23. The van der Waals surface area contributed by atoms with Crippen molar-refractivity contribution >= 4 is 46.4 Å². The van der Waals surface area contributed by atoms with Crippen molar-refractivity contribution in [1.82, 2.24) is 4.90 Å². The maximum Gasteiger partial charge on any atom is 0.241 e. The first kappa shape index (κ1) is 21.2. The third-order valence-electron chi connectivity index (χ3n) is 4.44. The Labute approximate surface area is 169 Å². The number of carbonyl (C=O) groups is 2. The molecule has 2 amide bonds. The van der Waals surface area contributed by atoms with Gasteiger partial charge in [0, 0.05) is 21.4 Å². The van der Waals surface area contributed by atoms with Crippen LogP contribution in [0.5, 0.6) is 0 Å². The highest BCUT2D eigenvalue weighted by atomic mass is 35.5. The van der Waals surface area contributed by atoms with E-state index >= 15 is 0 Å². The Balaban J connectivity index is 1.95. The van der Waals surface area contributed by atoms with Gasteiger partial charge in [0.1, 0.15) is 0 Å². The summed E-state index contributed by atoms with van der Waals surface area (Å²) < 4.78 is 0. The van der Waals surface area contributed by atoms with Crippen molar-refractivity contribution in [3.63, 3.8) is 0 Å². The summed E-state index contributed by atoms with van der Waals surface area (Å²) in [5.41, 5.74) is 3.42. The van der Waals surface area contributed by atoms with Gasteiger partial charge in [-0.3, -0.25) is 14.5 Å². The first-order valence-electron chi connectivity index (χ1n) is 8.50. The quantitative estimate of drug-likeness (QED) is 0.740. The molecule has 0 radical (unpaired) electrons. The van der Waals surface area contributed by atoms with Gasteiger partial charge in [-0.15, -0.1) is 0 Å². The van der Waals surface area contributed by atoms with Gasteiger partial charge in [-0.1, -0.05) is 35.3 Å². The highest BCUT2D eigenvalue weighted by Gasteiger charge is 2.21. The Morgan fingerprint density at radius 2 is 1.70 bits per heavy atom. The number of likely N-dealkylation sites (N-methyl/N-ethyl adjacent to an activating group) is 1. The predicted molar refractivity (Wildman–Crippen MR) is 112 cm³/mol. The van der Waals surface area contributed by atoms with E-state index in [0.29, 0.717) is 15.7 Å². The standard InChI is InChI=1S/C20H23Cl2N3O2/c1-12-6-5-7-18(13(12)2)24-19(26)11-25(4)14(3)20(27)23-17-9-15(21)8-16(22)10-17/h5-10,14H,11H2,1-4H3,(H,23,27)(H,24,26)/t14-/m0/s1. The normalized spacial score (nSPS) is 12.0. The largest absolute Gasteiger partial charge is 0.325 e. The van der Waals surface area contributed by atoms with Crippen molar-refractivity contribution < 1.29 is 9.59 Å². The number of amides is 2. The fourth-order valence-corrected chi connectivity index (χ4v) is 3.04. The molecule has 7 heteroatoms. The van der Waals surface area contributed by atoms with Crippen LogP contribution < -0.4 is 10.6 Å². The van der Waals surface area contributed by atoms with Gasteiger partial charge >= 0.3 is 0 Å². The van der Waals surface area contributed by atoms with E-state index < -0.39 is 6.04 Å². The highest BCUT2D eigenvalue weighted by molar-refractivity contribution is 6.35. The minimum absolute atomic E-state index is 0.0816. The molecule has 0 saturated carbocycles. The van der Waals surface area contributed by atoms with Gasteiger partial charge in [0.15, 0.2) is 0 Å². The van der Waals surface area contributed by atoms with Gasteiger partial charge in [-0.25, -0.2) is 0 Å². The molecule has 0 aliphatic heterocycles. The van der Waals surface area contributed by atoms with Crippen molar-refractivity contribution in [3.05, 3.63) is 57.6 Å². The summed E-state index contributed by atoms with van der Waals surface area (Å²) in [7, 11) is 1.72. The number of anilines is 2. The van der Waals surface area contributed by atoms with E-state index in [1.807, 2.05) is 32.0 Å². The van der Waals surface area contributed by atoms with Crippen LogP contribution in [0.1, 0.15) is 18.1 Å². The summed E-state index contributed by atoms with van der Waals surface area (Å²) in [5.74, 6) is -0.438. The summed E-state index contributed by atoms with van der Waals surface area (Å²) in [5, 5.41) is 6.53. The lowest BCUT2D eigenvalue weighted by Crippen LogP contribution is -2.43. The molecular weight excluding hydrogens is 385 g/mol. The molecule has 0 aliphatic rings. The second kappa shape index (κ2) is 9.22. The van der Waals surface area contributed by atoms with Crippen LogP contribution in [0.15, 0.2) is 36.4 Å². The zero-order chi connectivity index (χ0) is 20.1. The van der Waals surface area contributed by atoms with Crippen LogP contribution >= 0.6 is 23.2 Å². The molecule has 0 saturated heterocycles. The molecule has 2 rings (SSSR count). The number of hydrogen-bond donors (Lipinski definition) is 2. The molecule has 5 nitrogen and oxygen atoms in total. The molecule has 0 unspecified atom stereocenters. The van der Waals surface area contributed by atoms with E-state index in [1.165, 1.54) is 0 Å². The molecule has 2 aromatic carbocycles. The lowest BCUT2D eigenvalue weighted by molar-refractivity contribution is -0.122. The molecular formula is C20H23Cl2N3O2. The molecule has 1 atom stereocenters. The fourth-order valence-electron chi connectivity index (χ4n) is 2.51. The number of hydrogen-bond acceptors (Lipinski definition) is 3. The number of nitrogens with one attached hydrogen (secondary N) is 2. The average molecular weight is 408 g/mol. The summed E-state index contributed by atoms with van der Waals surface area (Å²) in [6.45, 7) is 5.76. The Morgan fingerprint density at radius 3 is 2.33 bits per heavy atom. The van der Waals surface area contributed by atoms with Crippen LogP contribution in [0, 0.1) is 13.8 Å². The predicted octanol–water partition coefficient (Wildman–Crippen LogP) is 4.51. The van der Waals surface area contributed by atoms with Crippen molar-refractivity contribution in [2.24, 2.45) is 0 Å². The molecule has 0 heterocycles. The van der Waals surface area contributed by atoms with E-state index in [-0.39, 0.29) is 18.4 Å². The average Bonchev–Trinajstić information content (AvgIpc) is 2.57. The lowest BCUT2D eigenvalue weighted by Gasteiger charge is -2.23. The van der Waals surface area contributed by atoms with Crippen molar-refractivity contribution in [1.29, 1.82) is 0 Å². The fraction of sp³-hybridized carbons (Fsp3) is 0.300. The second-order valence-electron chi connectivity index (χ2n) is 6.53. The number of aryl methyl sites for hydroxylation is 1. The van der Waals surface area contributed by atoms with Gasteiger partial charge in [-0.05, 0) is 63.2 Å². The van der Waals surface area contributed by atoms with Crippen LogP contribution in [-0.2, 0) is 9.59 Å². The van der Waals surface area contributed by atoms with E-state index in [0.717, 1.165) is 16.8 Å². The summed E-state index contributed by atoms with van der Waals surface area (Å²) in [6, 6.07) is 10.0. The van der Waals surface area contributed by atoms with Gasteiger partial charge in [0.25, 0.3) is 0 Å². The summed E-state index contributed by atoms with van der Waals surface area (Å²) in [4.78, 5) is 26.5. The van der Waals surface area contributed by atoms with Crippen molar-refractivity contribution in [2.75, 3.05) is 24.2 Å². The smallest absolute Gasteiger partial charge is 0.241 e. The van der Waals surface area contributed by atoms with E-state index in [1.54, 1.807) is 37.1 Å². The second-order valence-corrected chi connectivity index (χ2v) is 7.41. The van der Waals surface area contributed by atoms with Gasteiger partial charge < -0.3 is 10.6 Å². The first-order chi connectivity index (χ1) is 12.7. The third kappa shape index (κ3) is 5.96. The monoisotopic (exact) mass is 407 g/mol. The number of nitrogens with zero attached hydrogens (tertiary/aromatic N) is 1. The molecule has 2 aromatic rings. The maximum absolute atomic E-state index is 12.4. The SMILES string of the molecule is Cc1cccc(NC(=O)CN(C)[C@@H](C)C(=O)Nc2cc(Cl)cc(Cl)c2)c1C. The Bertz CT molecular complexity index is 835. The number of benzene rings is 2. The maximum atomic E-state index is 12.4. The summed E-state index contributed by atoms with van der Waals surface area (Å²) >= 11 is 11.9. The van der Waals surface area contributed by atoms with Crippen LogP contribution in [-0.4, -0.2) is 36.3 Å². The van der Waals surface area contributed by atoms with E-state index in [9.17, 15) is 9.59 Å².